The number of nitrogens with two attached hydrogens (primary N) is 1. The van der Waals surface area contributed by atoms with Crippen LogP contribution in [-0.2, 0) is 0 Å². The highest BCUT2D eigenvalue weighted by Crippen LogP contribution is 2.27. The molecule has 5 rings (SSSR count). The van der Waals surface area contributed by atoms with E-state index in [1.165, 1.54) is 11.4 Å². The van der Waals surface area contributed by atoms with Crippen molar-refractivity contribution < 1.29 is 9.90 Å². The fourth-order valence-electron chi connectivity index (χ4n) is 4.87. The molecule has 3 aliphatic rings. The van der Waals surface area contributed by atoms with Crippen molar-refractivity contribution in [2.75, 3.05) is 72.8 Å². The zero-order valence-corrected chi connectivity index (χ0v) is 18.4. The number of benzene rings is 2. The third kappa shape index (κ3) is 4.47. The minimum absolute atomic E-state index is 0.240. The molecule has 0 spiro atoms. The molecule has 2 aromatic rings. The van der Waals surface area contributed by atoms with E-state index in [-0.39, 0.29) is 6.03 Å². The number of amides is 2. The van der Waals surface area contributed by atoms with Gasteiger partial charge in [-0.2, -0.15) is 0 Å². The Morgan fingerprint density at radius 1 is 0.844 bits per heavy atom. The molecule has 3 heterocycles. The van der Waals surface area contributed by atoms with Crippen LogP contribution in [0, 0.1) is 5.92 Å². The monoisotopic (exact) mass is 436 g/mol. The van der Waals surface area contributed by atoms with Gasteiger partial charge in [-0.15, -0.1) is 0 Å². The molecule has 4 N–H and O–H groups in total. The van der Waals surface area contributed by atoms with Crippen LogP contribution in [0.4, 0.5) is 27.5 Å². The van der Waals surface area contributed by atoms with Crippen molar-refractivity contribution in [2.24, 2.45) is 5.92 Å². The van der Waals surface area contributed by atoms with Gasteiger partial charge in [-0.1, -0.05) is 0 Å². The Bertz CT molecular complexity index is 921. The number of nitrogen functional groups attached to an aromatic ring is 1. The summed E-state index contributed by atoms with van der Waals surface area (Å²) in [4.78, 5) is 21.2. The van der Waals surface area contributed by atoms with Crippen LogP contribution < -0.4 is 25.8 Å². The fraction of sp³-hybridized carbons (Fsp3) is 0.458. The van der Waals surface area contributed by atoms with Gasteiger partial charge < -0.3 is 26.0 Å². The number of urea groups is 1. The predicted molar refractivity (Wildman–Crippen MR) is 128 cm³/mol. The van der Waals surface area contributed by atoms with Crippen LogP contribution in [0.2, 0.25) is 0 Å². The molecule has 0 radical (unpaired) electrons. The largest absolute Gasteiger partial charge is 0.399 e. The Balaban J connectivity index is 1.08. The van der Waals surface area contributed by atoms with Crippen LogP contribution in [-0.4, -0.2) is 74.6 Å². The van der Waals surface area contributed by atoms with E-state index in [1.807, 2.05) is 24.3 Å². The lowest BCUT2D eigenvalue weighted by atomic mass is 9.98. The molecule has 8 heteroatoms. The highest BCUT2D eigenvalue weighted by Gasteiger charge is 2.30. The average Bonchev–Trinajstić information content (AvgIpc) is 2.78. The Labute approximate surface area is 189 Å². The molecule has 2 aromatic carbocycles. The van der Waals surface area contributed by atoms with E-state index in [1.54, 1.807) is 4.90 Å². The molecular formula is C24H32N6O2. The van der Waals surface area contributed by atoms with Crippen molar-refractivity contribution in [3.05, 3.63) is 48.5 Å². The topological polar surface area (TPSA) is 88.3 Å². The number of hydrogen-bond acceptors (Lipinski definition) is 6. The minimum atomic E-state index is -0.741. The first-order chi connectivity index (χ1) is 15.5. The molecule has 32 heavy (non-hydrogen) atoms. The van der Waals surface area contributed by atoms with Crippen molar-refractivity contribution in [1.82, 2.24) is 10.2 Å². The molecule has 0 saturated carbocycles. The molecule has 0 bridgehead atoms. The fourth-order valence-corrected chi connectivity index (χ4v) is 4.87. The molecule has 2 amide bonds. The molecule has 3 aliphatic heterocycles. The Morgan fingerprint density at radius 3 is 2.09 bits per heavy atom. The zero-order valence-electron chi connectivity index (χ0n) is 18.4. The van der Waals surface area contributed by atoms with Crippen LogP contribution in [0.1, 0.15) is 6.42 Å². The Hall–Kier alpha value is -2.97. The number of piperazine rings is 1. The molecule has 1 atom stereocenters. The first-order valence-electron chi connectivity index (χ1n) is 11.5. The van der Waals surface area contributed by atoms with Gasteiger partial charge >= 0.3 is 6.03 Å². The summed E-state index contributed by atoms with van der Waals surface area (Å²) in [5.74, 6) is 0.729. The second-order valence-electron chi connectivity index (χ2n) is 9.07. The number of nitrogens with one attached hydrogen (secondary N) is 1. The van der Waals surface area contributed by atoms with E-state index in [9.17, 15) is 9.90 Å². The lowest BCUT2D eigenvalue weighted by molar-refractivity contribution is 0.125. The summed E-state index contributed by atoms with van der Waals surface area (Å²) < 4.78 is 0. The molecule has 0 aliphatic carbocycles. The van der Waals surface area contributed by atoms with Crippen molar-refractivity contribution in [2.45, 2.75) is 12.6 Å². The van der Waals surface area contributed by atoms with Gasteiger partial charge in [0.25, 0.3) is 0 Å². The average molecular weight is 437 g/mol. The van der Waals surface area contributed by atoms with Crippen LogP contribution in [0.25, 0.3) is 0 Å². The number of aliphatic hydroxyl groups is 1. The predicted octanol–water partition coefficient (Wildman–Crippen LogP) is 1.77. The van der Waals surface area contributed by atoms with Gasteiger partial charge in [-0.25, -0.2) is 4.79 Å². The SMILES string of the molecule is Nc1ccc(N2CC(CN3CCN(c4ccc(N5CCC(O)NC5=O)cc4)CC3)C2)cc1. The Morgan fingerprint density at radius 2 is 1.44 bits per heavy atom. The maximum Gasteiger partial charge on any atom is 0.323 e. The number of carbonyl (C=O) groups is 1. The van der Waals surface area contributed by atoms with Gasteiger partial charge in [0.05, 0.1) is 0 Å². The summed E-state index contributed by atoms with van der Waals surface area (Å²) in [5, 5.41) is 12.1. The van der Waals surface area contributed by atoms with Gasteiger partial charge in [0.2, 0.25) is 0 Å². The molecular weight excluding hydrogens is 404 g/mol. The first-order valence-corrected chi connectivity index (χ1v) is 11.5. The lowest BCUT2D eigenvalue weighted by Gasteiger charge is -2.45. The second kappa shape index (κ2) is 8.88. The maximum absolute atomic E-state index is 12.1. The molecule has 8 nitrogen and oxygen atoms in total. The number of hydrogen-bond donors (Lipinski definition) is 3. The molecule has 0 aromatic heterocycles. The van der Waals surface area contributed by atoms with Gasteiger partial charge in [0, 0.05) is 87.4 Å². The maximum atomic E-state index is 12.1. The van der Waals surface area contributed by atoms with E-state index in [2.05, 4.69) is 44.3 Å². The lowest BCUT2D eigenvalue weighted by Crippen LogP contribution is -2.55. The summed E-state index contributed by atoms with van der Waals surface area (Å²) in [7, 11) is 0. The number of rotatable bonds is 5. The smallest absolute Gasteiger partial charge is 0.323 e. The summed E-state index contributed by atoms with van der Waals surface area (Å²) >= 11 is 0. The summed E-state index contributed by atoms with van der Waals surface area (Å²) in [6.07, 6.45) is -0.205. The standard InChI is InChI=1S/C24H32N6O2/c25-19-1-3-21(4-2-19)29-16-18(17-29)15-27-11-13-28(14-12-27)20-5-7-22(8-6-20)30-10-9-23(31)26-24(30)32/h1-8,18,23,31H,9-17,25H2,(H,26,32). The van der Waals surface area contributed by atoms with Crippen molar-refractivity contribution >= 4 is 28.8 Å². The van der Waals surface area contributed by atoms with Crippen LogP contribution in [0.5, 0.6) is 0 Å². The summed E-state index contributed by atoms with van der Waals surface area (Å²) in [6.45, 7) is 8.11. The van der Waals surface area contributed by atoms with Gasteiger partial charge in [-0.3, -0.25) is 9.80 Å². The van der Waals surface area contributed by atoms with Crippen LogP contribution in [0.15, 0.2) is 48.5 Å². The summed E-state index contributed by atoms with van der Waals surface area (Å²) in [5.41, 5.74) is 9.93. The van der Waals surface area contributed by atoms with Gasteiger partial charge in [0.1, 0.15) is 6.23 Å². The quantitative estimate of drug-likeness (QED) is 0.619. The van der Waals surface area contributed by atoms with Crippen LogP contribution in [0.3, 0.4) is 0 Å². The van der Waals surface area contributed by atoms with Crippen LogP contribution >= 0.6 is 0 Å². The van der Waals surface area contributed by atoms with E-state index < -0.39 is 6.23 Å². The van der Waals surface area contributed by atoms with E-state index in [0.717, 1.165) is 63.1 Å². The Kier molecular flexibility index (Phi) is 5.80. The normalized spacial score (nSPS) is 22.6. The first kappa shape index (κ1) is 20.9. The zero-order chi connectivity index (χ0) is 22.1. The number of nitrogens with zero attached hydrogens (tertiary/aromatic N) is 4. The van der Waals surface area contributed by atoms with E-state index in [4.69, 9.17) is 5.73 Å². The van der Waals surface area contributed by atoms with E-state index >= 15 is 0 Å². The van der Waals surface area contributed by atoms with Crippen molar-refractivity contribution in [3.63, 3.8) is 0 Å². The number of carbonyl (C=O) groups excluding carboxylic acids is 1. The van der Waals surface area contributed by atoms with Crippen molar-refractivity contribution in [3.8, 4) is 0 Å². The second-order valence-corrected chi connectivity index (χ2v) is 9.07. The number of aliphatic hydroxyl groups excluding tert-OH is 1. The molecule has 3 fully saturated rings. The van der Waals surface area contributed by atoms with Gasteiger partial charge in [0.15, 0.2) is 0 Å². The van der Waals surface area contributed by atoms with E-state index in [0.29, 0.717) is 13.0 Å². The molecule has 1 unspecified atom stereocenters. The number of anilines is 4. The highest BCUT2D eigenvalue weighted by atomic mass is 16.3. The third-order valence-electron chi connectivity index (χ3n) is 6.79. The highest BCUT2D eigenvalue weighted by molar-refractivity contribution is 5.93. The van der Waals surface area contributed by atoms with Gasteiger partial charge in [-0.05, 0) is 48.5 Å². The van der Waals surface area contributed by atoms with Crippen molar-refractivity contribution in [1.29, 1.82) is 0 Å². The summed E-state index contributed by atoms with van der Waals surface area (Å²) in [6, 6.07) is 16.1. The minimum Gasteiger partial charge on any atom is -0.399 e. The third-order valence-corrected chi connectivity index (χ3v) is 6.79. The molecule has 3 saturated heterocycles. The molecule has 170 valence electrons.